The van der Waals surface area contributed by atoms with Gasteiger partial charge in [0.15, 0.2) is 0 Å². The second-order valence-electron chi connectivity index (χ2n) is 6.47. The second-order valence-corrected chi connectivity index (χ2v) is 6.47. The summed E-state index contributed by atoms with van der Waals surface area (Å²) in [7, 11) is 6.07. The van der Waals surface area contributed by atoms with Crippen LogP contribution in [0.2, 0.25) is 0 Å². The molecule has 21 heavy (non-hydrogen) atoms. The number of likely N-dealkylation sites (N-methyl/N-ethyl adjacent to an activating group) is 1. The zero-order valence-corrected chi connectivity index (χ0v) is 13.6. The van der Waals surface area contributed by atoms with Crippen LogP contribution < -0.4 is 5.73 Å². The molecule has 6 nitrogen and oxygen atoms in total. The Labute approximate surface area is 127 Å². The molecule has 0 amide bonds. The molecule has 6 heteroatoms. The van der Waals surface area contributed by atoms with Crippen LogP contribution in [-0.4, -0.2) is 70.1 Å². The maximum absolute atomic E-state index is 10.1. The third kappa shape index (κ3) is 3.83. The Morgan fingerprint density at radius 2 is 2.24 bits per heavy atom. The molecule has 4 atom stereocenters. The molecule has 0 aliphatic carbocycles. The van der Waals surface area contributed by atoms with Gasteiger partial charge in [-0.1, -0.05) is 6.92 Å². The summed E-state index contributed by atoms with van der Waals surface area (Å²) in [6.45, 7) is 3.73. The average molecular weight is 295 g/mol. The lowest BCUT2D eigenvalue weighted by Gasteiger charge is -2.36. The van der Waals surface area contributed by atoms with Gasteiger partial charge < -0.3 is 15.7 Å². The van der Waals surface area contributed by atoms with E-state index in [2.05, 4.69) is 35.9 Å². The number of aromatic nitrogens is 2. The minimum absolute atomic E-state index is 0.0455. The van der Waals surface area contributed by atoms with Crippen LogP contribution in [0, 0.1) is 0 Å². The van der Waals surface area contributed by atoms with Gasteiger partial charge in [0.1, 0.15) is 0 Å². The number of aliphatic hydroxyl groups excluding tert-OH is 1. The van der Waals surface area contributed by atoms with E-state index in [9.17, 15) is 5.11 Å². The van der Waals surface area contributed by atoms with Crippen molar-refractivity contribution in [2.45, 2.75) is 44.0 Å². The maximum Gasteiger partial charge on any atom is 0.0682 e. The van der Waals surface area contributed by atoms with Crippen molar-refractivity contribution in [1.82, 2.24) is 19.6 Å². The van der Waals surface area contributed by atoms with E-state index in [-0.39, 0.29) is 18.2 Å². The molecule has 0 bridgehead atoms. The van der Waals surface area contributed by atoms with Crippen LogP contribution in [0.1, 0.15) is 31.4 Å². The van der Waals surface area contributed by atoms with Gasteiger partial charge in [0.25, 0.3) is 0 Å². The lowest BCUT2D eigenvalue weighted by Crippen LogP contribution is -2.46. The first-order valence-electron chi connectivity index (χ1n) is 7.75. The van der Waals surface area contributed by atoms with Crippen LogP contribution in [-0.2, 0) is 7.05 Å². The van der Waals surface area contributed by atoms with Crippen molar-refractivity contribution in [2.75, 3.05) is 27.2 Å². The highest BCUT2D eigenvalue weighted by Gasteiger charge is 2.38. The number of rotatable bonds is 6. The number of hydrogen-bond acceptors (Lipinski definition) is 5. The number of aliphatic hydroxyl groups is 1. The van der Waals surface area contributed by atoms with Crippen molar-refractivity contribution < 1.29 is 5.11 Å². The summed E-state index contributed by atoms with van der Waals surface area (Å²) < 4.78 is 1.82. The molecule has 1 aromatic heterocycles. The quantitative estimate of drug-likeness (QED) is 0.784. The van der Waals surface area contributed by atoms with Crippen LogP contribution >= 0.6 is 0 Å². The summed E-state index contributed by atoms with van der Waals surface area (Å²) in [5.41, 5.74) is 7.55. The fourth-order valence-electron chi connectivity index (χ4n) is 3.36. The minimum Gasteiger partial charge on any atom is -0.392 e. The third-order valence-corrected chi connectivity index (χ3v) is 4.31. The number of nitrogens with zero attached hydrogens (tertiary/aromatic N) is 4. The van der Waals surface area contributed by atoms with E-state index in [0.29, 0.717) is 12.6 Å². The van der Waals surface area contributed by atoms with Gasteiger partial charge in [-0.25, -0.2) is 0 Å². The molecular formula is C15H29N5O. The van der Waals surface area contributed by atoms with E-state index in [1.807, 2.05) is 24.1 Å². The van der Waals surface area contributed by atoms with Crippen LogP contribution in [0.25, 0.3) is 0 Å². The molecule has 1 aliphatic heterocycles. The van der Waals surface area contributed by atoms with Gasteiger partial charge in [-0.3, -0.25) is 9.58 Å². The average Bonchev–Trinajstić information content (AvgIpc) is 2.96. The molecule has 1 aliphatic rings. The number of nitrogens with two attached hydrogens (primary N) is 1. The Balaban J connectivity index is 2.26. The SMILES string of the molecule is CCC(N)C(c1cnn(C)c1)N1CC(O)CC1CN(C)C. The second kappa shape index (κ2) is 6.87. The predicted octanol–water partition coefficient (Wildman–Crippen LogP) is 0.195. The molecule has 1 aromatic rings. The van der Waals surface area contributed by atoms with E-state index in [4.69, 9.17) is 5.73 Å². The monoisotopic (exact) mass is 295 g/mol. The molecule has 120 valence electrons. The van der Waals surface area contributed by atoms with Crippen molar-refractivity contribution in [1.29, 1.82) is 0 Å². The first-order valence-corrected chi connectivity index (χ1v) is 7.75. The van der Waals surface area contributed by atoms with Crippen molar-refractivity contribution in [2.24, 2.45) is 12.8 Å². The zero-order chi connectivity index (χ0) is 15.6. The molecule has 3 N–H and O–H groups in total. The number of hydrogen-bond donors (Lipinski definition) is 2. The molecule has 1 saturated heterocycles. The van der Waals surface area contributed by atoms with E-state index in [0.717, 1.165) is 24.9 Å². The summed E-state index contributed by atoms with van der Waals surface area (Å²) in [6.07, 6.45) is 5.39. The van der Waals surface area contributed by atoms with Crippen molar-refractivity contribution in [3.63, 3.8) is 0 Å². The molecular weight excluding hydrogens is 266 g/mol. The Kier molecular flexibility index (Phi) is 5.37. The van der Waals surface area contributed by atoms with Gasteiger partial charge in [0, 0.05) is 44.0 Å². The minimum atomic E-state index is -0.266. The van der Waals surface area contributed by atoms with E-state index in [1.54, 1.807) is 0 Å². The Morgan fingerprint density at radius 3 is 2.76 bits per heavy atom. The summed E-state index contributed by atoms with van der Waals surface area (Å²) in [5, 5.41) is 14.4. The summed E-state index contributed by atoms with van der Waals surface area (Å²) in [5.74, 6) is 0. The van der Waals surface area contributed by atoms with Gasteiger partial charge >= 0.3 is 0 Å². The van der Waals surface area contributed by atoms with Gasteiger partial charge in [0.05, 0.1) is 18.3 Å². The van der Waals surface area contributed by atoms with Crippen LogP contribution in [0.15, 0.2) is 12.4 Å². The standard InChI is InChI=1S/C15H29N5O/c1-5-14(16)15(11-7-17-19(4)8-11)20-10-13(21)6-12(20)9-18(2)3/h7-8,12-15,21H,5-6,9-10,16H2,1-4H3. The van der Waals surface area contributed by atoms with Crippen LogP contribution in [0.4, 0.5) is 0 Å². The number of likely N-dealkylation sites (tertiary alicyclic amines) is 1. The predicted molar refractivity (Wildman–Crippen MR) is 83.9 cm³/mol. The maximum atomic E-state index is 10.1. The normalized spacial score (nSPS) is 26.4. The summed E-state index contributed by atoms with van der Waals surface area (Å²) >= 11 is 0. The number of aryl methyl sites for hydroxylation is 1. The van der Waals surface area contributed by atoms with Crippen molar-refractivity contribution in [3.05, 3.63) is 18.0 Å². The van der Waals surface area contributed by atoms with Gasteiger partial charge in [-0.05, 0) is 26.9 Å². The zero-order valence-electron chi connectivity index (χ0n) is 13.6. The van der Waals surface area contributed by atoms with E-state index in [1.165, 1.54) is 0 Å². The molecule has 0 aromatic carbocycles. The van der Waals surface area contributed by atoms with Crippen LogP contribution in [0.5, 0.6) is 0 Å². The highest BCUT2D eigenvalue weighted by atomic mass is 16.3. The molecule has 0 saturated carbocycles. The Hall–Kier alpha value is -0.950. The first kappa shape index (κ1) is 16.4. The summed E-state index contributed by atoms with van der Waals surface area (Å²) in [6, 6.07) is 0.493. The Morgan fingerprint density at radius 1 is 1.52 bits per heavy atom. The molecule has 1 fully saturated rings. The smallest absolute Gasteiger partial charge is 0.0682 e. The molecule has 0 spiro atoms. The van der Waals surface area contributed by atoms with Crippen molar-refractivity contribution >= 4 is 0 Å². The largest absolute Gasteiger partial charge is 0.392 e. The van der Waals surface area contributed by atoms with E-state index < -0.39 is 0 Å². The molecule has 0 radical (unpaired) electrons. The Bertz CT molecular complexity index is 447. The lowest BCUT2D eigenvalue weighted by molar-refractivity contribution is 0.119. The van der Waals surface area contributed by atoms with Gasteiger partial charge in [-0.15, -0.1) is 0 Å². The van der Waals surface area contributed by atoms with E-state index >= 15 is 0 Å². The molecule has 2 heterocycles. The topological polar surface area (TPSA) is 70.5 Å². The third-order valence-electron chi connectivity index (χ3n) is 4.31. The molecule has 4 unspecified atom stereocenters. The van der Waals surface area contributed by atoms with Gasteiger partial charge in [-0.2, -0.15) is 5.10 Å². The lowest BCUT2D eigenvalue weighted by atomic mass is 9.98. The highest BCUT2D eigenvalue weighted by Crippen LogP contribution is 2.32. The molecule has 2 rings (SSSR count). The fraction of sp³-hybridized carbons (Fsp3) is 0.800. The van der Waals surface area contributed by atoms with Crippen molar-refractivity contribution in [3.8, 4) is 0 Å². The van der Waals surface area contributed by atoms with Gasteiger partial charge in [0.2, 0.25) is 0 Å². The number of β-amino-alcohol motifs (C(OH)–C–C–N with tert-alkyl or cyclic N) is 1. The fourth-order valence-corrected chi connectivity index (χ4v) is 3.36. The summed E-state index contributed by atoms with van der Waals surface area (Å²) in [4.78, 5) is 4.54. The van der Waals surface area contributed by atoms with Crippen LogP contribution in [0.3, 0.4) is 0 Å². The highest BCUT2D eigenvalue weighted by molar-refractivity contribution is 5.15. The first-order chi connectivity index (χ1) is 9.92.